The van der Waals surface area contributed by atoms with E-state index < -0.39 is 11.5 Å². The van der Waals surface area contributed by atoms with Crippen molar-refractivity contribution in [3.8, 4) is 5.75 Å². The third kappa shape index (κ3) is 2.76. The number of ether oxygens (including phenoxy) is 2. The van der Waals surface area contributed by atoms with Gasteiger partial charge >= 0.3 is 0 Å². The molecule has 1 aromatic carbocycles. The number of benzene rings is 1. The summed E-state index contributed by atoms with van der Waals surface area (Å²) in [5, 5.41) is 12.9. The molecular weight excluding hydrogens is 270 g/mol. The first-order valence-electron chi connectivity index (χ1n) is 7.37. The minimum absolute atomic E-state index is 0.0126. The van der Waals surface area contributed by atoms with Gasteiger partial charge < -0.3 is 19.9 Å². The van der Waals surface area contributed by atoms with Gasteiger partial charge in [0.2, 0.25) is 5.91 Å². The largest absolute Gasteiger partial charge is 0.497 e. The van der Waals surface area contributed by atoms with Crippen LogP contribution < -0.4 is 10.1 Å². The van der Waals surface area contributed by atoms with Crippen molar-refractivity contribution in [2.24, 2.45) is 0 Å². The molecule has 5 nitrogen and oxygen atoms in total. The number of methoxy groups -OCH3 is 1. The average molecular weight is 291 g/mol. The molecule has 2 N–H and O–H groups in total. The van der Waals surface area contributed by atoms with E-state index in [9.17, 15) is 9.90 Å². The minimum Gasteiger partial charge on any atom is -0.497 e. The Morgan fingerprint density at radius 2 is 2.10 bits per heavy atom. The molecule has 3 rings (SSSR count). The van der Waals surface area contributed by atoms with Crippen LogP contribution in [0.5, 0.6) is 5.75 Å². The number of amides is 1. The van der Waals surface area contributed by atoms with Crippen LogP contribution in [-0.2, 0) is 14.9 Å². The van der Waals surface area contributed by atoms with Gasteiger partial charge in [0.1, 0.15) is 5.75 Å². The Hall–Kier alpha value is -1.59. The van der Waals surface area contributed by atoms with Gasteiger partial charge in [-0.15, -0.1) is 0 Å². The lowest BCUT2D eigenvalue weighted by molar-refractivity contribution is -0.126. The van der Waals surface area contributed by atoms with E-state index >= 15 is 0 Å². The van der Waals surface area contributed by atoms with Crippen molar-refractivity contribution in [3.05, 3.63) is 29.8 Å². The zero-order valence-corrected chi connectivity index (χ0v) is 12.2. The Morgan fingerprint density at radius 1 is 1.38 bits per heavy atom. The second-order valence-electron chi connectivity index (χ2n) is 5.82. The number of carbonyl (C=O) groups is 1. The van der Waals surface area contributed by atoms with Crippen LogP contribution >= 0.6 is 0 Å². The van der Waals surface area contributed by atoms with Crippen LogP contribution in [0.1, 0.15) is 24.8 Å². The van der Waals surface area contributed by atoms with Crippen molar-refractivity contribution in [1.29, 1.82) is 0 Å². The number of carbonyl (C=O) groups excluding carboxylic acids is 1. The van der Waals surface area contributed by atoms with Crippen molar-refractivity contribution in [1.82, 2.24) is 5.32 Å². The first-order chi connectivity index (χ1) is 10.2. The van der Waals surface area contributed by atoms with Gasteiger partial charge in [0, 0.05) is 6.61 Å². The summed E-state index contributed by atoms with van der Waals surface area (Å²) < 4.78 is 10.3. The summed E-state index contributed by atoms with van der Waals surface area (Å²) in [5.74, 6) is 0.799. The molecule has 0 spiro atoms. The molecule has 1 amide bonds. The number of rotatable bonds is 4. The first-order valence-corrected chi connectivity index (χ1v) is 7.37. The molecule has 0 unspecified atom stereocenters. The molecule has 2 aliphatic rings. The maximum Gasteiger partial charge on any atom is 0.230 e. The highest BCUT2D eigenvalue weighted by Gasteiger charge is 2.51. The maximum absolute atomic E-state index is 12.6. The van der Waals surface area contributed by atoms with Gasteiger partial charge in [0.05, 0.1) is 31.3 Å². The quantitative estimate of drug-likeness (QED) is 0.868. The van der Waals surface area contributed by atoms with E-state index in [-0.39, 0.29) is 11.9 Å². The highest BCUT2D eigenvalue weighted by atomic mass is 16.5. The predicted molar refractivity (Wildman–Crippen MR) is 77.3 cm³/mol. The summed E-state index contributed by atoms with van der Waals surface area (Å²) in [6.45, 7) is 0.873. The maximum atomic E-state index is 12.6. The zero-order valence-electron chi connectivity index (χ0n) is 12.2. The number of aliphatic hydroxyl groups excluding tert-OH is 1. The smallest absolute Gasteiger partial charge is 0.230 e. The van der Waals surface area contributed by atoms with Crippen molar-refractivity contribution < 1.29 is 19.4 Å². The third-order valence-electron chi connectivity index (χ3n) is 4.47. The van der Waals surface area contributed by atoms with Crippen molar-refractivity contribution in [2.45, 2.75) is 36.8 Å². The molecule has 0 bridgehead atoms. The van der Waals surface area contributed by atoms with Crippen molar-refractivity contribution in [2.75, 3.05) is 20.3 Å². The fourth-order valence-corrected chi connectivity index (χ4v) is 2.88. The zero-order chi connectivity index (χ0) is 14.9. The lowest BCUT2D eigenvalue weighted by atomic mass is 9.93. The molecule has 5 heteroatoms. The van der Waals surface area contributed by atoms with E-state index in [2.05, 4.69) is 5.32 Å². The highest BCUT2D eigenvalue weighted by Crippen LogP contribution is 2.48. The molecule has 1 aliphatic heterocycles. The van der Waals surface area contributed by atoms with Crippen LogP contribution in [0, 0.1) is 0 Å². The molecule has 21 heavy (non-hydrogen) atoms. The summed E-state index contributed by atoms with van der Waals surface area (Å²) in [5.41, 5.74) is 0.590. The topological polar surface area (TPSA) is 67.8 Å². The van der Waals surface area contributed by atoms with Crippen LogP contribution in [0.25, 0.3) is 0 Å². The molecule has 1 aliphatic carbocycles. The van der Waals surface area contributed by atoms with Gasteiger partial charge in [0.25, 0.3) is 0 Å². The second kappa shape index (κ2) is 5.66. The van der Waals surface area contributed by atoms with E-state index in [4.69, 9.17) is 9.47 Å². The van der Waals surface area contributed by atoms with Crippen molar-refractivity contribution in [3.63, 3.8) is 0 Å². The number of aliphatic hydroxyl groups is 1. The van der Waals surface area contributed by atoms with E-state index in [1.54, 1.807) is 7.11 Å². The molecule has 0 radical (unpaired) electrons. The molecule has 1 saturated heterocycles. The van der Waals surface area contributed by atoms with Gasteiger partial charge in [0.15, 0.2) is 0 Å². The van der Waals surface area contributed by atoms with Crippen molar-refractivity contribution >= 4 is 5.91 Å². The summed E-state index contributed by atoms with van der Waals surface area (Å²) in [6.07, 6.45) is 1.75. The van der Waals surface area contributed by atoms with Crippen LogP contribution in [0.3, 0.4) is 0 Å². The van der Waals surface area contributed by atoms with Crippen LogP contribution in [0.4, 0.5) is 0 Å². The van der Waals surface area contributed by atoms with Gasteiger partial charge in [-0.3, -0.25) is 4.79 Å². The Labute approximate surface area is 124 Å². The molecule has 2 atom stereocenters. The van der Waals surface area contributed by atoms with E-state index in [0.29, 0.717) is 19.6 Å². The Bertz CT molecular complexity index is 510. The van der Waals surface area contributed by atoms with Gasteiger partial charge in [-0.2, -0.15) is 0 Å². The normalized spacial score (nSPS) is 27.0. The summed E-state index contributed by atoms with van der Waals surface area (Å²) in [7, 11) is 1.63. The van der Waals surface area contributed by atoms with E-state index in [0.717, 1.165) is 24.2 Å². The molecule has 2 fully saturated rings. The molecule has 1 heterocycles. The fraction of sp³-hybridized carbons (Fsp3) is 0.562. The molecule has 114 valence electrons. The fourth-order valence-electron chi connectivity index (χ4n) is 2.88. The standard InChI is InChI=1S/C16H21NO4/c1-20-12-4-2-11(3-5-12)16(7-8-16)15(19)17-13-6-9-21-10-14(13)18/h2-5,13-14,18H,6-10H2,1H3,(H,17,19)/t13-,14-/m1/s1. The van der Waals surface area contributed by atoms with E-state index in [1.807, 2.05) is 24.3 Å². The monoisotopic (exact) mass is 291 g/mol. The first kappa shape index (κ1) is 14.4. The van der Waals surface area contributed by atoms with Gasteiger partial charge in [-0.25, -0.2) is 0 Å². The molecule has 1 aromatic rings. The SMILES string of the molecule is COc1ccc(C2(C(=O)N[C@@H]3CCOC[C@H]3O)CC2)cc1. The summed E-state index contributed by atoms with van der Waals surface area (Å²) >= 11 is 0. The number of hydrogen-bond donors (Lipinski definition) is 2. The Kier molecular flexibility index (Phi) is 3.87. The molecular formula is C16H21NO4. The minimum atomic E-state index is -0.616. The highest BCUT2D eigenvalue weighted by molar-refractivity contribution is 5.91. The Morgan fingerprint density at radius 3 is 2.67 bits per heavy atom. The number of nitrogens with one attached hydrogen (secondary N) is 1. The van der Waals surface area contributed by atoms with Gasteiger partial charge in [-0.1, -0.05) is 12.1 Å². The number of hydrogen-bond acceptors (Lipinski definition) is 4. The van der Waals surface area contributed by atoms with E-state index in [1.165, 1.54) is 0 Å². The third-order valence-corrected chi connectivity index (χ3v) is 4.47. The summed E-state index contributed by atoms with van der Waals surface area (Å²) in [6, 6.07) is 7.46. The van der Waals surface area contributed by atoms with Gasteiger partial charge in [-0.05, 0) is 37.0 Å². The summed E-state index contributed by atoms with van der Waals surface area (Å²) in [4.78, 5) is 12.6. The Balaban J connectivity index is 1.70. The van der Waals surface area contributed by atoms with Crippen LogP contribution in [0.15, 0.2) is 24.3 Å². The molecule has 1 saturated carbocycles. The van der Waals surface area contributed by atoms with Crippen LogP contribution in [0.2, 0.25) is 0 Å². The second-order valence-corrected chi connectivity index (χ2v) is 5.82. The average Bonchev–Trinajstić information content (AvgIpc) is 3.31. The molecule has 0 aromatic heterocycles. The van der Waals surface area contributed by atoms with Crippen LogP contribution in [-0.4, -0.2) is 43.5 Å². The lowest BCUT2D eigenvalue weighted by Crippen LogP contribution is -2.51. The lowest BCUT2D eigenvalue weighted by Gasteiger charge is -2.30. The predicted octanol–water partition coefficient (Wildman–Crippen LogP) is 0.993.